The standard InChI is InChI=1S/C24H29N5O2/c1-6-18-8-7-9-20(14-18)26-24(25-15-22-16(2)28-29(4)17(22)3)27-23(30)19-10-12-21(31-5)13-11-19/h7-14H,6,15H2,1-5H3,(H2,25,26,27,30). The summed E-state index contributed by atoms with van der Waals surface area (Å²) in [5, 5.41) is 10.6. The molecular weight excluding hydrogens is 390 g/mol. The van der Waals surface area contributed by atoms with Gasteiger partial charge in [0.25, 0.3) is 5.91 Å². The highest BCUT2D eigenvalue weighted by atomic mass is 16.5. The summed E-state index contributed by atoms with van der Waals surface area (Å²) in [6.45, 7) is 6.49. The molecule has 7 heteroatoms. The van der Waals surface area contributed by atoms with Crippen molar-refractivity contribution >= 4 is 17.6 Å². The van der Waals surface area contributed by atoms with Crippen molar-refractivity contribution in [3.05, 3.63) is 76.6 Å². The van der Waals surface area contributed by atoms with E-state index in [2.05, 4.69) is 39.8 Å². The molecule has 0 atom stereocenters. The average molecular weight is 420 g/mol. The van der Waals surface area contributed by atoms with E-state index >= 15 is 0 Å². The fourth-order valence-corrected chi connectivity index (χ4v) is 3.24. The summed E-state index contributed by atoms with van der Waals surface area (Å²) < 4.78 is 7.01. The Labute approximate surface area is 183 Å². The summed E-state index contributed by atoms with van der Waals surface area (Å²) >= 11 is 0. The molecule has 1 heterocycles. The Morgan fingerprint density at radius 2 is 1.90 bits per heavy atom. The smallest absolute Gasteiger partial charge is 0.257 e. The number of anilines is 1. The van der Waals surface area contributed by atoms with E-state index in [-0.39, 0.29) is 5.91 Å². The molecular formula is C24H29N5O2. The van der Waals surface area contributed by atoms with Crippen molar-refractivity contribution < 1.29 is 9.53 Å². The first-order valence-electron chi connectivity index (χ1n) is 10.3. The molecule has 7 nitrogen and oxygen atoms in total. The normalized spacial score (nSPS) is 11.3. The van der Waals surface area contributed by atoms with Crippen LogP contribution in [0.5, 0.6) is 5.75 Å². The molecule has 2 aromatic carbocycles. The number of rotatable bonds is 6. The molecule has 0 bridgehead atoms. The largest absolute Gasteiger partial charge is 0.497 e. The van der Waals surface area contributed by atoms with Gasteiger partial charge >= 0.3 is 0 Å². The van der Waals surface area contributed by atoms with Crippen LogP contribution in [0.15, 0.2) is 53.5 Å². The van der Waals surface area contributed by atoms with Crippen LogP contribution < -0.4 is 15.4 Å². The third-order valence-electron chi connectivity index (χ3n) is 5.24. The Morgan fingerprint density at radius 1 is 1.16 bits per heavy atom. The number of nitrogens with zero attached hydrogens (tertiary/aromatic N) is 3. The number of ether oxygens (including phenoxy) is 1. The first-order chi connectivity index (χ1) is 14.9. The van der Waals surface area contributed by atoms with Gasteiger partial charge in [0.05, 0.1) is 19.3 Å². The molecule has 0 fully saturated rings. The molecule has 1 aromatic heterocycles. The quantitative estimate of drug-likeness (QED) is 0.467. The lowest BCUT2D eigenvalue weighted by Crippen LogP contribution is -2.36. The number of benzene rings is 2. The second kappa shape index (κ2) is 9.93. The molecule has 0 aliphatic carbocycles. The van der Waals surface area contributed by atoms with Crippen LogP contribution in [0, 0.1) is 13.8 Å². The second-order valence-electron chi connectivity index (χ2n) is 7.30. The van der Waals surface area contributed by atoms with Crippen LogP contribution in [0.25, 0.3) is 0 Å². The van der Waals surface area contributed by atoms with Gasteiger partial charge in [-0.3, -0.25) is 14.8 Å². The van der Waals surface area contributed by atoms with Crippen LogP contribution in [0.3, 0.4) is 0 Å². The van der Waals surface area contributed by atoms with Crippen molar-refractivity contribution in [1.82, 2.24) is 15.1 Å². The summed E-state index contributed by atoms with van der Waals surface area (Å²) in [4.78, 5) is 17.5. The minimum absolute atomic E-state index is 0.250. The van der Waals surface area contributed by atoms with E-state index in [1.165, 1.54) is 5.56 Å². The Bertz CT molecular complexity index is 1080. The maximum atomic E-state index is 12.8. The van der Waals surface area contributed by atoms with Gasteiger partial charge in [-0.05, 0) is 62.2 Å². The van der Waals surface area contributed by atoms with Crippen molar-refractivity contribution in [2.45, 2.75) is 33.7 Å². The van der Waals surface area contributed by atoms with Gasteiger partial charge in [0, 0.05) is 29.6 Å². The zero-order chi connectivity index (χ0) is 22.4. The maximum Gasteiger partial charge on any atom is 0.257 e. The number of guanidine groups is 1. The monoisotopic (exact) mass is 419 g/mol. The lowest BCUT2D eigenvalue weighted by Gasteiger charge is -2.13. The highest BCUT2D eigenvalue weighted by molar-refractivity contribution is 6.10. The van der Waals surface area contributed by atoms with E-state index in [1.807, 2.05) is 37.7 Å². The number of hydrogen-bond donors (Lipinski definition) is 2. The van der Waals surface area contributed by atoms with Crippen molar-refractivity contribution in [2.24, 2.45) is 12.0 Å². The van der Waals surface area contributed by atoms with Crippen LogP contribution in [-0.2, 0) is 20.0 Å². The third kappa shape index (κ3) is 5.51. The second-order valence-corrected chi connectivity index (χ2v) is 7.30. The zero-order valence-electron chi connectivity index (χ0n) is 18.7. The number of carbonyl (C=O) groups excluding carboxylic acids is 1. The van der Waals surface area contributed by atoms with Crippen LogP contribution >= 0.6 is 0 Å². The van der Waals surface area contributed by atoms with E-state index in [9.17, 15) is 4.79 Å². The van der Waals surface area contributed by atoms with E-state index < -0.39 is 0 Å². The first-order valence-corrected chi connectivity index (χ1v) is 10.3. The predicted molar refractivity (Wildman–Crippen MR) is 124 cm³/mol. The topological polar surface area (TPSA) is 80.5 Å². The highest BCUT2D eigenvalue weighted by Crippen LogP contribution is 2.15. The van der Waals surface area contributed by atoms with Crippen LogP contribution in [0.4, 0.5) is 5.69 Å². The van der Waals surface area contributed by atoms with Gasteiger partial charge in [-0.25, -0.2) is 4.99 Å². The Hall–Kier alpha value is -3.61. The number of amides is 1. The number of aryl methyl sites for hydroxylation is 3. The van der Waals surface area contributed by atoms with Crippen molar-refractivity contribution in [2.75, 3.05) is 12.4 Å². The van der Waals surface area contributed by atoms with Gasteiger partial charge in [0.15, 0.2) is 0 Å². The Balaban J connectivity index is 1.85. The fraction of sp³-hybridized carbons (Fsp3) is 0.292. The zero-order valence-corrected chi connectivity index (χ0v) is 18.7. The van der Waals surface area contributed by atoms with Crippen molar-refractivity contribution in [3.63, 3.8) is 0 Å². The molecule has 0 aliphatic rings. The summed E-state index contributed by atoms with van der Waals surface area (Å²) in [5.74, 6) is 0.833. The lowest BCUT2D eigenvalue weighted by molar-refractivity contribution is 0.0977. The third-order valence-corrected chi connectivity index (χ3v) is 5.24. The van der Waals surface area contributed by atoms with Crippen LogP contribution in [0.2, 0.25) is 0 Å². The first kappa shape index (κ1) is 22.1. The van der Waals surface area contributed by atoms with E-state index in [0.717, 1.165) is 29.1 Å². The molecule has 0 aliphatic heterocycles. The number of aliphatic imine (C=N–C) groups is 1. The molecule has 0 saturated heterocycles. The molecule has 3 rings (SSSR count). The molecule has 0 saturated carbocycles. The molecule has 0 unspecified atom stereocenters. The molecule has 3 aromatic rings. The van der Waals surface area contributed by atoms with E-state index in [4.69, 9.17) is 4.74 Å². The lowest BCUT2D eigenvalue weighted by atomic mass is 10.1. The summed E-state index contributed by atoms with van der Waals surface area (Å²) in [6, 6.07) is 15.0. The molecule has 31 heavy (non-hydrogen) atoms. The predicted octanol–water partition coefficient (Wildman–Crippen LogP) is 4.01. The summed E-state index contributed by atoms with van der Waals surface area (Å²) in [7, 11) is 3.51. The average Bonchev–Trinajstić information content (AvgIpc) is 3.03. The van der Waals surface area contributed by atoms with Crippen LogP contribution in [-0.4, -0.2) is 28.8 Å². The minimum atomic E-state index is -0.250. The minimum Gasteiger partial charge on any atom is -0.497 e. The summed E-state index contributed by atoms with van der Waals surface area (Å²) in [5.41, 5.74) is 5.61. The van der Waals surface area contributed by atoms with Gasteiger partial charge in [-0.1, -0.05) is 19.1 Å². The number of carbonyl (C=O) groups is 1. The van der Waals surface area contributed by atoms with Crippen molar-refractivity contribution in [1.29, 1.82) is 0 Å². The molecule has 162 valence electrons. The van der Waals surface area contributed by atoms with E-state index in [0.29, 0.717) is 23.8 Å². The number of methoxy groups -OCH3 is 1. The Kier molecular flexibility index (Phi) is 7.07. The maximum absolute atomic E-state index is 12.8. The Morgan fingerprint density at radius 3 is 2.52 bits per heavy atom. The molecule has 0 spiro atoms. The SMILES string of the molecule is CCc1cccc(NC(=NCc2c(C)nn(C)c2C)NC(=O)c2ccc(OC)cc2)c1. The number of hydrogen-bond acceptors (Lipinski definition) is 4. The highest BCUT2D eigenvalue weighted by Gasteiger charge is 2.12. The van der Waals surface area contributed by atoms with Gasteiger partial charge < -0.3 is 10.1 Å². The molecule has 0 radical (unpaired) electrons. The van der Waals surface area contributed by atoms with Crippen LogP contribution in [0.1, 0.15) is 39.8 Å². The molecule has 2 N–H and O–H groups in total. The van der Waals surface area contributed by atoms with Gasteiger partial charge in [0.1, 0.15) is 5.75 Å². The van der Waals surface area contributed by atoms with Crippen molar-refractivity contribution in [3.8, 4) is 5.75 Å². The summed E-state index contributed by atoms with van der Waals surface area (Å²) in [6.07, 6.45) is 0.925. The van der Waals surface area contributed by atoms with Gasteiger partial charge in [0.2, 0.25) is 5.96 Å². The van der Waals surface area contributed by atoms with Gasteiger partial charge in [-0.2, -0.15) is 5.10 Å². The number of nitrogens with one attached hydrogen (secondary N) is 2. The number of aromatic nitrogens is 2. The molecule has 1 amide bonds. The van der Waals surface area contributed by atoms with E-state index in [1.54, 1.807) is 31.4 Å². The fourth-order valence-electron chi connectivity index (χ4n) is 3.24. The van der Waals surface area contributed by atoms with Gasteiger partial charge in [-0.15, -0.1) is 0 Å².